The average molecular weight is 309 g/mol. The fraction of sp³-hybridized carbons (Fsp3) is 0.294. The van der Waals surface area contributed by atoms with Gasteiger partial charge in [-0.2, -0.15) is 0 Å². The van der Waals surface area contributed by atoms with Gasteiger partial charge in [0.2, 0.25) is 5.91 Å². The molecule has 0 fully saturated rings. The van der Waals surface area contributed by atoms with Crippen molar-refractivity contribution in [3.63, 3.8) is 0 Å². The van der Waals surface area contributed by atoms with Crippen LogP contribution in [-0.2, 0) is 24.3 Å². The van der Waals surface area contributed by atoms with E-state index in [0.717, 1.165) is 28.7 Å². The lowest BCUT2D eigenvalue weighted by molar-refractivity contribution is -0.134. The average Bonchev–Trinajstić information content (AvgIpc) is 3.20. The van der Waals surface area contributed by atoms with Crippen molar-refractivity contribution < 1.29 is 4.79 Å². The van der Waals surface area contributed by atoms with Crippen molar-refractivity contribution in [1.29, 1.82) is 0 Å². The molecule has 0 spiro atoms. The molecule has 3 heterocycles. The minimum atomic E-state index is -0.524. The van der Waals surface area contributed by atoms with Gasteiger partial charge < -0.3 is 20.2 Å². The van der Waals surface area contributed by atoms with Crippen molar-refractivity contribution >= 4 is 16.8 Å². The van der Waals surface area contributed by atoms with Crippen LogP contribution in [0.1, 0.15) is 11.3 Å². The first-order valence-electron chi connectivity index (χ1n) is 7.81. The molecule has 23 heavy (non-hydrogen) atoms. The van der Waals surface area contributed by atoms with Crippen LogP contribution >= 0.6 is 0 Å². The minimum absolute atomic E-state index is 0.00253. The summed E-state index contributed by atoms with van der Waals surface area (Å²) in [6.07, 6.45) is 6.11. The van der Waals surface area contributed by atoms with Gasteiger partial charge in [0.05, 0.1) is 24.6 Å². The molecule has 1 aliphatic rings. The molecule has 0 bridgehead atoms. The number of carbonyl (C=O) groups is 1. The number of amides is 1. The van der Waals surface area contributed by atoms with Crippen molar-refractivity contribution in [2.24, 2.45) is 5.73 Å². The third kappa shape index (κ3) is 2.51. The second kappa shape index (κ2) is 5.55. The predicted octanol–water partition coefficient (Wildman–Crippen LogP) is 1.28. The van der Waals surface area contributed by atoms with E-state index in [0.29, 0.717) is 19.5 Å². The molecule has 0 unspecified atom stereocenters. The van der Waals surface area contributed by atoms with Gasteiger partial charge >= 0.3 is 0 Å². The summed E-state index contributed by atoms with van der Waals surface area (Å²) in [6, 6.07) is 7.54. The van der Waals surface area contributed by atoms with Crippen LogP contribution in [0, 0.1) is 0 Å². The number of hydrogen-bond acceptors (Lipinski definition) is 3. The highest BCUT2D eigenvalue weighted by Gasteiger charge is 2.25. The summed E-state index contributed by atoms with van der Waals surface area (Å²) in [5.74, 6) is 0.00253. The van der Waals surface area contributed by atoms with Crippen molar-refractivity contribution in [2.45, 2.75) is 25.6 Å². The molecule has 0 aliphatic carbocycles. The highest BCUT2D eigenvalue weighted by molar-refractivity contribution is 5.86. The SMILES string of the molecule is N[C@@H](Cc1c[nH]c2ccccc12)C(=O)N1CCn2cncc2C1. The zero-order chi connectivity index (χ0) is 15.8. The van der Waals surface area contributed by atoms with Crippen molar-refractivity contribution in [3.05, 3.63) is 54.2 Å². The third-order valence-corrected chi connectivity index (χ3v) is 4.51. The molecule has 6 heteroatoms. The Morgan fingerprint density at radius 2 is 2.22 bits per heavy atom. The highest BCUT2D eigenvalue weighted by atomic mass is 16.2. The lowest BCUT2D eigenvalue weighted by Crippen LogP contribution is -2.47. The second-order valence-electron chi connectivity index (χ2n) is 6.01. The standard InChI is InChI=1S/C17H19N5O/c18-15(7-12-8-20-16-4-2-1-3-14(12)16)17(23)21-5-6-22-11-19-9-13(22)10-21/h1-4,8-9,11,15,20H,5-7,10,18H2/t15-/m0/s1. The number of nitrogens with one attached hydrogen (secondary N) is 1. The van der Waals surface area contributed by atoms with E-state index in [1.807, 2.05) is 41.8 Å². The zero-order valence-corrected chi connectivity index (χ0v) is 12.8. The van der Waals surface area contributed by atoms with Gasteiger partial charge in [-0.3, -0.25) is 4.79 Å². The van der Waals surface area contributed by atoms with Gasteiger partial charge in [0.15, 0.2) is 0 Å². The number of nitrogens with two attached hydrogens (primary N) is 1. The topological polar surface area (TPSA) is 79.9 Å². The van der Waals surface area contributed by atoms with Gasteiger partial charge in [-0.15, -0.1) is 0 Å². The minimum Gasteiger partial charge on any atom is -0.361 e. The summed E-state index contributed by atoms with van der Waals surface area (Å²) in [5, 5.41) is 1.13. The molecular weight excluding hydrogens is 290 g/mol. The number of aromatic amines is 1. The first kappa shape index (κ1) is 14.0. The molecule has 6 nitrogen and oxygen atoms in total. The molecule has 0 radical (unpaired) electrons. The summed E-state index contributed by atoms with van der Waals surface area (Å²) in [7, 11) is 0. The molecule has 3 aromatic rings. The first-order valence-corrected chi connectivity index (χ1v) is 7.81. The maximum absolute atomic E-state index is 12.7. The number of rotatable bonds is 3. The Kier molecular flexibility index (Phi) is 3.38. The fourth-order valence-corrected chi connectivity index (χ4v) is 3.23. The Labute approximate surface area is 133 Å². The van der Waals surface area contributed by atoms with Gasteiger partial charge in [0, 0.05) is 36.4 Å². The van der Waals surface area contributed by atoms with Crippen LogP contribution in [0.15, 0.2) is 43.0 Å². The van der Waals surface area contributed by atoms with Crippen molar-refractivity contribution in [2.75, 3.05) is 6.54 Å². The number of carbonyl (C=O) groups excluding carboxylic acids is 1. The summed E-state index contributed by atoms with van der Waals surface area (Å²) in [5.41, 5.74) is 9.42. The summed E-state index contributed by atoms with van der Waals surface area (Å²) < 4.78 is 2.08. The molecule has 0 saturated carbocycles. The van der Waals surface area contributed by atoms with Crippen LogP contribution in [0.4, 0.5) is 0 Å². The van der Waals surface area contributed by atoms with Gasteiger partial charge in [0.25, 0.3) is 0 Å². The molecule has 1 atom stereocenters. The number of hydrogen-bond donors (Lipinski definition) is 2. The Bertz CT molecular complexity index is 849. The molecule has 118 valence electrons. The number of para-hydroxylation sites is 1. The Hall–Kier alpha value is -2.60. The maximum atomic E-state index is 12.7. The number of benzene rings is 1. The molecular formula is C17H19N5O. The Balaban J connectivity index is 1.49. The lowest BCUT2D eigenvalue weighted by Gasteiger charge is -2.30. The summed E-state index contributed by atoms with van der Waals surface area (Å²) in [6.45, 7) is 2.05. The van der Waals surface area contributed by atoms with Crippen molar-refractivity contribution in [3.8, 4) is 0 Å². The van der Waals surface area contributed by atoms with Crippen LogP contribution < -0.4 is 5.73 Å². The number of fused-ring (bicyclic) bond motifs is 2. The molecule has 1 amide bonds. The number of nitrogens with zero attached hydrogens (tertiary/aromatic N) is 3. The van der Waals surface area contributed by atoms with E-state index >= 15 is 0 Å². The van der Waals surface area contributed by atoms with E-state index in [-0.39, 0.29) is 5.91 Å². The van der Waals surface area contributed by atoms with E-state index in [9.17, 15) is 4.79 Å². The van der Waals surface area contributed by atoms with Crippen LogP contribution in [0.5, 0.6) is 0 Å². The maximum Gasteiger partial charge on any atom is 0.240 e. The van der Waals surface area contributed by atoms with Gasteiger partial charge in [-0.25, -0.2) is 4.98 Å². The molecule has 3 N–H and O–H groups in total. The number of imidazole rings is 1. The lowest BCUT2D eigenvalue weighted by atomic mass is 10.0. The third-order valence-electron chi connectivity index (χ3n) is 4.51. The van der Waals surface area contributed by atoms with E-state index in [1.165, 1.54) is 0 Å². The Morgan fingerprint density at radius 3 is 3.13 bits per heavy atom. The van der Waals surface area contributed by atoms with Crippen LogP contribution in [0.3, 0.4) is 0 Å². The molecule has 2 aromatic heterocycles. The summed E-state index contributed by atoms with van der Waals surface area (Å²) >= 11 is 0. The highest BCUT2D eigenvalue weighted by Crippen LogP contribution is 2.20. The quantitative estimate of drug-likeness (QED) is 0.765. The van der Waals surface area contributed by atoms with Crippen molar-refractivity contribution in [1.82, 2.24) is 19.4 Å². The molecule has 0 saturated heterocycles. The van der Waals surface area contributed by atoms with Crippen LogP contribution in [0.25, 0.3) is 10.9 Å². The van der Waals surface area contributed by atoms with E-state index < -0.39 is 6.04 Å². The van der Waals surface area contributed by atoms with Gasteiger partial charge in [-0.05, 0) is 18.1 Å². The second-order valence-corrected chi connectivity index (χ2v) is 6.01. The van der Waals surface area contributed by atoms with Gasteiger partial charge in [0.1, 0.15) is 0 Å². The normalized spacial score (nSPS) is 15.6. The van der Waals surface area contributed by atoms with E-state index in [1.54, 1.807) is 0 Å². The van der Waals surface area contributed by atoms with Gasteiger partial charge in [-0.1, -0.05) is 18.2 Å². The monoisotopic (exact) mass is 309 g/mol. The molecule has 1 aromatic carbocycles. The first-order chi connectivity index (χ1) is 11.2. The smallest absolute Gasteiger partial charge is 0.240 e. The van der Waals surface area contributed by atoms with Crippen LogP contribution in [-0.4, -0.2) is 37.9 Å². The van der Waals surface area contributed by atoms with E-state index in [2.05, 4.69) is 20.6 Å². The summed E-state index contributed by atoms with van der Waals surface area (Å²) in [4.78, 5) is 21.8. The van der Waals surface area contributed by atoms with Crippen LogP contribution in [0.2, 0.25) is 0 Å². The zero-order valence-electron chi connectivity index (χ0n) is 12.8. The molecule has 4 rings (SSSR count). The fourth-order valence-electron chi connectivity index (χ4n) is 3.23. The number of H-pyrrole nitrogens is 1. The van der Waals surface area contributed by atoms with E-state index in [4.69, 9.17) is 5.73 Å². The predicted molar refractivity (Wildman–Crippen MR) is 87.6 cm³/mol. The molecule has 1 aliphatic heterocycles. The number of aromatic nitrogens is 3. The largest absolute Gasteiger partial charge is 0.361 e. The Morgan fingerprint density at radius 1 is 1.35 bits per heavy atom.